The van der Waals surface area contributed by atoms with E-state index in [9.17, 15) is 4.79 Å². The number of methoxy groups -OCH3 is 1. The van der Waals surface area contributed by atoms with Gasteiger partial charge in [-0.25, -0.2) is 0 Å². The van der Waals surface area contributed by atoms with E-state index >= 15 is 0 Å². The van der Waals surface area contributed by atoms with Crippen molar-refractivity contribution >= 4 is 12.4 Å². The van der Waals surface area contributed by atoms with Crippen molar-refractivity contribution < 1.29 is 19.4 Å². The maximum absolute atomic E-state index is 12.6. The monoisotopic (exact) mass is 340 g/mol. The quantitative estimate of drug-likeness (QED) is 0.796. The summed E-state index contributed by atoms with van der Waals surface area (Å²) in [6.45, 7) is 4.47. The van der Waals surface area contributed by atoms with Gasteiger partial charge in [-0.3, -0.25) is 14.5 Å². The summed E-state index contributed by atoms with van der Waals surface area (Å²) in [7, 11) is 1.84. The Hall–Kier alpha value is -1.14. The molecule has 1 spiro atoms. The van der Waals surface area contributed by atoms with Gasteiger partial charge in [0.2, 0.25) is 5.91 Å². The number of hydrogen-bond donors (Lipinski definition) is 1. The summed E-state index contributed by atoms with van der Waals surface area (Å²) in [5.74, 6) is 0.345. The number of likely N-dealkylation sites (tertiary alicyclic amines) is 2. The molecule has 0 unspecified atom stereocenters. The Morgan fingerprint density at radius 2 is 1.83 bits per heavy atom. The fourth-order valence-corrected chi connectivity index (χ4v) is 4.72. The minimum atomic E-state index is -0.250. The van der Waals surface area contributed by atoms with E-state index in [0.29, 0.717) is 18.6 Å². The standard InChI is InChI=1S/C17H30N2O2.CH2O2/c1-21-15-7-5-8-17(15)9-6-12-19(14-17)16(20)13-18-10-3-2-4-11-18;2-1-3/h15H,2-14H2,1H3;1H,(H,2,3)/t15-,17+;/m1./s1. The van der Waals surface area contributed by atoms with Crippen LogP contribution >= 0.6 is 0 Å². The Morgan fingerprint density at radius 1 is 1.17 bits per heavy atom. The van der Waals surface area contributed by atoms with Gasteiger partial charge < -0.3 is 14.7 Å². The molecule has 2 aliphatic heterocycles. The molecule has 1 N–H and O–H groups in total. The molecule has 0 aromatic heterocycles. The maximum atomic E-state index is 12.6. The first kappa shape index (κ1) is 19.2. The largest absolute Gasteiger partial charge is 0.483 e. The fourth-order valence-electron chi connectivity index (χ4n) is 4.72. The van der Waals surface area contributed by atoms with Gasteiger partial charge in [-0.1, -0.05) is 12.8 Å². The number of ether oxygens (including phenoxy) is 1. The number of amides is 1. The van der Waals surface area contributed by atoms with E-state index in [-0.39, 0.29) is 11.9 Å². The topological polar surface area (TPSA) is 70.1 Å². The van der Waals surface area contributed by atoms with E-state index in [2.05, 4.69) is 9.80 Å². The number of piperidine rings is 2. The predicted octanol–water partition coefficient (Wildman–Crippen LogP) is 1.98. The minimum Gasteiger partial charge on any atom is -0.483 e. The summed E-state index contributed by atoms with van der Waals surface area (Å²) in [5, 5.41) is 6.89. The highest BCUT2D eigenvalue weighted by atomic mass is 16.5. The number of carbonyl (C=O) groups excluding carboxylic acids is 1. The van der Waals surface area contributed by atoms with Gasteiger partial charge in [-0.05, 0) is 51.6 Å². The van der Waals surface area contributed by atoms with Crippen molar-refractivity contribution in [1.82, 2.24) is 9.80 Å². The lowest BCUT2D eigenvalue weighted by molar-refractivity contribution is -0.138. The van der Waals surface area contributed by atoms with Crippen molar-refractivity contribution in [1.29, 1.82) is 0 Å². The molecule has 3 fully saturated rings. The number of nitrogens with zero attached hydrogens (tertiary/aromatic N) is 2. The van der Waals surface area contributed by atoms with Crippen LogP contribution in [0.15, 0.2) is 0 Å². The van der Waals surface area contributed by atoms with Crippen LogP contribution in [-0.2, 0) is 14.3 Å². The molecule has 1 aliphatic carbocycles. The van der Waals surface area contributed by atoms with Crippen molar-refractivity contribution in [2.45, 2.75) is 57.5 Å². The molecule has 6 heteroatoms. The summed E-state index contributed by atoms with van der Waals surface area (Å²) in [6, 6.07) is 0. The third-order valence-corrected chi connectivity index (χ3v) is 5.88. The lowest BCUT2D eigenvalue weighted by Crippen LogP contribution is -2.52. The smallest absolute Gasteiger partial charge is 0.290 e. The summed E-state index contributed by atoms with van der Waals surface area (Å²) >= 11 is 0. The van der Waals surface area contributed by atoms with Crippen LogP contribution in [0.4, 0.5) is 0 Å². The van der Waals surface area contributed by atoms with E-state index in [4.69, 9.17) is 14.6 Å². The van der Waals surface area contributed by atoms with E-state index in [1.807, 2.05) is 7.11 Å². The lowest BCUT2D eigenvalue weighted by atomic mass is 9.76. The zero-order chi connectivity index (χ0) is 17.4. The number of hydrogen-bond acceptors (Lipinski definition) is 4. The highest BCUT2D eigenvalue weighted by Gasteiger charge is 2.46. The second kappa shape index (κ2) is 9.37. The van der Waals surface area contributed by atoms with E-state index < -0.39 is 0 Å². The normalized spacial score (nSPS) is 30.7. The Labute approximate surface area is 145 Å². The van der Waals surface area contributed by atoms with Gasteiger partial charge in [0, 0.05) is 25.6 Å². The Balaban J connectivity index is 0.000000647. The fraction of sp³-hybridized carbons (Fsp3) is 0.889. The molecule has 2 atom stereocenters. The van der Waals surface area contributed by atoms with Gasteiger partial charge in [0.1, 0.15) is 0 Å². The SMILES string of the molecule is CO[C@@H]1CCC[C@@]12CCCN(C(=O)CN1CCCCC1)C2.O=CO. The zero-order valence-electron chi connectivity index (χ0n) is 14.9. The molecule has 0 aromatic carbocycles. The predicted molar refractivity (Wildman–Crippen MR) is 91.9 cm³/mol. The first-order chi connectivity index (χ1) is 11.6. The third-order valence-electron chi connectivity index (χ3n) is 5.88. The molecule has 2 saturated heterocycles. The second-order valence-corrected chi connectivity index (χ2v) is 7.34. The van der Waals surface area contributed by atoms with Gasteiger partial charge >= 0.3 is 0 Å². The average molecular weight is 340 g/mol. The van der Waals surface area contributed by atoms with Crippen LogP contribution in [-0.4, -0.2) is 73.2 Å². The van der Waals surface area contributed by atoms with E-state index in [0.717, 1.165) is 32.6 Å². The van der Waals surface area contributed by atoms with Crippen LogP contribution in [0, 0.1) is 5.41 Å². The second-order valence-electron chi connectivity index (χ2n) is 7.34. The number of rotatable bonds is 3. The third kappa shape index (κ3) is 4.70. The molecule has 3 rings (SSSR count). The molecule has 24 heavy (non-hydrogen) atoms. The van der Waals surface area contributed by atoms with Crippen LogP contribution < -0.4 is 0 Å². The highest BCUT2D eigenvalue weighted by Crippen LogP contribution is 2.46. The minimum absolute atomic E-state index is 0.250. The summed E-state index contributed by atoms with van der Waals surface area (Å²) in [5.41, 5.74) is 0.255. The van der Waals surface area contributed by atoms with Crippen LogP contribution in [0.1, 0.15) is 51.4 Å². The molecule has 138 valence electrons. The van der Waals surface area contributed by atoms with Crippen molar-refractivity contribution in [3.05, 3.63) is 0 Å². The van der Waals surface area contributed by atoms with E-state index in [1.165, 1.54) is 44.9 Å². The lowest BCUT2D eigenvalue weighted by Gasteiger charge is -2.44. The number of carboxylic acid groups (broad SMARTS) is 1. The van der Waals surface area contributed by atoms with Crippen molar-refractivity contribution in [2.75, 3.05) is 39.8 Å². The molecule has 0 radical (unpaired) electrons. The molecule has 3 aliphatic rings. The molecular formula is C18H32N2O4. The Kier molecular flexibility index (Phi) is 7.49. The Bertz CT molecular complexity index is 412. The zero-order valence-corrected chi connectivity index (χ0v) is 14.9. The van der Waals surface area contributed by atoms with E-state index in [1.54, 1.807) is 0 Å². The van der Waals surface area contributed by atoms with Crippen molar-refractivity contribution in [3.63, 3.8) is 0 Å². The van der Waals surface area contributed by atoms with Crippen molar-refractivity contribution in [3.8, 4) is 0 Å². The molecule has 2 heterocycles. The van der Waals surface area contributed by atoms with Gasteiger partial charge in [0.15, 0.2) is 0 Å². The maximum Gasteiger partial charge on any atom is 0.290 e. The average Bonchev–Trinajstić information content (AvgIpc) is 2.98. The number of carbonyl (C=O) groups is 2. The van der Waals surface area contributed by atoms with Gasteiger partial charge in [0.05, 0.1) is 12.6 Å². The van der Waals surface area contributed by atoms with Gasteiger partial charge in [-0.2, -0.15) is 0 Å². The van der Waals surface area contributed by atoms with Crippen molar-refractivity contribution in [2.24, 2.45) is 5.41 Å². The molecule has 0 bridgehead atoms. The summed E-state index contributed by atoms with van der Waals surface area (Å²) in [4.78, 5) is 25.5. The molecule has 1 amide bonds. The van der Waals surface area contributed by atoms with Gasteiger partial charge in [0.25, 0.3) is 6.47 Å². The van der Waals surface area contributed by atoms with Crippen LogP contribution in [0.25, 0.3) is 0 Å². The first-order valence-electron chi connectivity index (χ1n) is 9.26. The molecule has 6 nitrogen and oxygen atoms in total. The molecule has 0 aromatic rings. The Morgan fingerprint density at radius 3 is 2.50 bits per heavy atom. The van der Waals surface area contributed by atoms with Gasteiger partial charge in [-0.15, -0.1) is 0 Å². The van der Waals surface area contributed by atoms with Crippen LogP contribution in [0.5, 0.6) is 0 Å². The molecular weight excluding hydrogens is 308 g/mol. The summed E-state index contributed by atoms with van der Waals surface area (Å²) < 4.78 is 5.73. The summed E-state index contributed by atoms with van der Waals surface area (Å²) in [6.07, 6.45) is 10.2. The first-order valence-corrected chi connectivity index (χ1v) is 9.26. The van der Waals surface area contributed by atoms with Crippen LogP contribution in [0.2, 0.25) is 0 Å². The highest BCUT2D eigenvalue weighted by molar-refractivity contribution is 5.78. The molecule has 1 saturated carbocycles. The van der Waals surface area contributed by atoms with Crippen LogP contribution in [0.3, 0.4) is 0 Å².